The number of nitrogens with zero attached hydrogens (tertiary/aromatic N) is 1. The zero-order valence-corrected chi connectivity index (χ0v) is 13.1. The van der Waals surface area contributed by atoms with Gasteiger partial charge in [0.25, 0.3) is 15.9 Å². The predicted molar refractivity (Wildman–Crippen MR) is 87.4 cm³/mol. The van der Waals surface area contributed by atoms with Crippen LogP contribution in [0, 0.1) is 11.3 Å². The van der Waals surface area contributed by atoms with Crippen LogP contribution in [0.5, 0.6) is 0 Å². The van der Waals surface area contributed by atoms with Gasteiger partial charge in [0.1, 0.15) is 0 Å². The number of amides is 1. The standard InChI is InChI=1S/C16H13N3O4S/c17-11-13-4-1-5-14(9-13)19-24(22,23)15-6-2-3-12(10-15)7-8-16(20)18-21/h1-10,19,21H,(H,18,20)/b8-7+. The van der Waals surface area contributed by atoms with Gasteiger partial charge in [0, 0.05) is 6.08 Å². The molecule has 0 saturated heterocycles. The minimum Gasteiger partial charge on any atom is -0.288 e. The van der Waals surface area contributed by atoms with Gasteiger partial charge in [-0.1, -0.05) is 18.2 Å². The molecule has 2 aromatic carbocycles. The molecule has 24 heavy (non-hydrogen) atoms. The molecule has 0 atom stereocenters. The highest BCUT2D eigenvalue weighted by Gasteiger charge is 2.14. The number of carbonyl (C=O) groups excluding carboxylic acids is 1. The van der Waals surface area contributed by atoms with Gasteiger partial charge in [-0.25, -0.2) is 13.9 Å². The van der Waals surface area contributed by atoms with Gasteiger partial charge in [0.15, 0.2) is 0 Å². The first-order valence-electron chi connectivity index (χ1n) is 6.70. The third kappa shape index (κ3) is 4.42. The first-order chi connectivity index (χ1) is 11.4. The summed E-state index contributed by atoms with van der Waals surface area (Å²) in [5, 5.41) is 17.3. The van der Waals surface area contributed by atoms with Crippen molar-refractivity contribution in [2.75, 3.05) is 4.72 Å². The van der Waals surface area contributed by atoms with Gasteiger partial charge in [-0.05, 0) is 42.0 Å². The maximum absolute atomic E-state index is 12.4. The van der Waals surface area contributed by atoms with Crippen LogP contribution in [0.2, 0.25) is 0 Å². The van der Waals surface area contributed by atoms with Crippen molar-refractivity contribution < 1.29 is 18.4 Å². The van der Waals surface area contributed by atoms with E-state index in [2.05, 4.69) is 4.72 Å². The van der Waals surface area contributed by atoms with Crippen LogP contribution in [0.4, 0.5) is 5.69 Å². The topological polar surface area (TPSA) is 119 Å². The van der Waals surface area contributed by atoms with Crippen molar-refractivity contribution in [2.45, 2.75) is 4.90 Å². The lowest BCUT2D eigenvalue weighted by Crippen LogP contribution is -2.15. The highest BCUT2D eigenvalue weighted by Crippen LogP contribution is 2.18. The van der Waals surface area contributed by atoms with E-state index >= 15 is 0 Å². The Balaban J connectivity index is 2.27. The van der Waals surface area contributed by atoms with Gasteiger partial charge < -0.3 is 0 Å². The molecule has 0 unspecified atom stereocenters. The van der Waals surface area contributed by atoms with E-state index < -0.39 is 15.9 Å². The summed E-state index contributed by atoms with van der Waals surface area (Å²) in [6, 6.07) is 13.9. The second-order valence-corrected chi connectivity index (χ2v) is 6.36. The van der Waals surface area contributed by atoms with E-state index in [1.165, 1.54) is 41.9 Å². The lowest BCUT2D eigenvalue weighted by atomic mass is 10.2. The van der Waals surface area contributed by atoms with Crippen LogP contribution >= 0.6 is 0 Å². The Morgan fingerprint density at radius 1 is 1.17 bits per heavy atom. The average molecular weight is 343 g/mol. The van der Waals surface area contributed by atoms with E-state index in [9.17, 15) is 13.2 Å². The summed E-state index contributed by atoms with van der Waals surface area (Å²) in [4.78, 5) is 11.0. The van der Waals surface area contributed by atoms with Gasteiger partial charge in [0.05, 0.1) is 22.2 Å². The van der Waals surface area contributed by atoms with Gasteiger partial charge in [0.2, 0.25) is 0 Å². The molecule has 8 heteroatoms. The maximum Gasteiger partial charge on any atom is 0.267 e. The van der Waals surface area contributed by atoms with Crippen molar-refractivity contribution in [1.82, 2.24) is 5.48 Å². The molecular formula is C16H13N3O4S. The number of hydrogen-bond acceptors (Lipinski definition) is 5. The SMILES string of the molecule is N#Cc1cccc(NS(=O)(=O)c2cccc(/C=C/C(=O)NO)c2)c1. The molecule has 122 valence electrons. The number of hydrogen-bond donors (Lipinski definition) is 3. The highest BCUT2D eigenvalue weighted by molar-refractivity contribution is 7.92. The molecule has 0 aliphatic heterocycles. The van der Waals surface area contributed by atoms with Gasteiger partial charge in [-0.3, -0.25) is 14.7 Å². The van der Waals surface area contributed by atoms with Crippen LogP contribution in [-0.2, 0) is 14.8 Å². The molecular weight excluding hydrogens is 330 g/mol. The van der Waals surface area contributed by atoms with E-state index in [4.69, 9.17) is 10.5 Å². The van der Waals surface area contributed by atoms with Crippen LogP contribution in [0.25, 0.3) is 6.08 Å². The molecule has 0 aromatic heterocycles. The molecule has 2 aromatic rings. The minimum absolute atomic E-state index is 0.00332. The van der Waals surface area contributed by atoms with Crippen molar-refractivity contribution in [3.8, 4) is 6.07 Å². The first-order valence-corrected chi connectivity index (χ1v) is 8.18. The molecule has 0 spiro atoms. The van der Waals surface area contributed by atoms with Crippen LogP contribution in [0.3, 0.4) is 0 Å². The Bertz CT molecular complexity index is 930. The zero-order chi connectivity index (χ0) is 17.6. The Kier molecular flexibility index (Phi) is 5.31. The van der Waals surface area contributed by atoms with Crippen molar-refractivity contribution in [2.24, 2.45) is 0 Å². The molecule has 1 amide bonds. The smallest absolute Gasteiger partial charge is 0.267 e. The molecule has 0 heterocycles. The van der Waals surface area contributed by atoms with E-state index in [0.29, 0.717) is 11.1 Å². The number of nitrogens with one attached hydrogen (secondary N) is 2. The van der Waals surface area contributed by atoms with Crippen LogP contribution in [-0.4, -0.2) is 19.5 Å². The first kappa shape index (κ1) is 17.2. The Hall–Kier alpha value is -3.15. The van der Waals surface area contributed by atoms with E-state index in [1.807, 2.05) is 6.07 Å². The molecule has 0 saturated carbocycles. The summed E-state index contributed by atoms with van der Waals surface area (Å²) in [6.07, 6.45) is 2.43. The summed E-state index contributed by atoms with van der Waals surface area (Å²) >= 11 is 0. The van der Waals surface area contributed by atoms with Gasteiger partial charge in [-0.2, -0.15) is 5.26 Å². The molecule has 0 aliphatic rings. The fourth-order valence-corrected chi connectivity index (χ4v) is 2.96. The number of carbonyl (C=O) groups is 1. The summed E-state index contributed by atoms with van der Waals surface area (Å²) in [5.74, 6) is -0.727. The number of nitriles is 1. The van der Waals surface area contributed by atoms with Crippen LogP contribution in [0.15, 0.2) is 59.5 Å². The van der Waals surface area contributed by atoms with Crippen LogP contribution < -0.4 is 10.2 Å². The van der Waals surface area contributed by atoms with Gasteiger partial charge >= 0.3 is 0 Å². The summed E-state index contributed by atoms with van der Waals surface area (Å²) in [6.45, 7) is 0. The van der Waals surface area contributed by atoms with E-state index in [1.54, 1.807) is 18.2 Å². The Morgan fingerprint density at radius 2 is 1.92 bits per heavy atom. The lowest BCUT2D eigenvalue weighted by Gasteiger charge is -2.09. The average Bonchev–Trinajstić information content (AvgIpc) is 2.59. The molecule has 0 aliphatic carbocycles. The second kappa shape index (κ2) is 7.41. The molecule has 0 bridgehead atoms. The Labute approximate surface area is 138 Å². The van der Waals surface area contributed by atoms with Crippen molar-refractivity contribution >= 4 is 27.7 Å². The van der Waals surface area contributed by atoms with Crippen LogP contribution in [0.1, 0.15) is 11.1 Å². The summed E-state index contributed by atoms with van der Waals surface area (Å²) in [7, 11) is -3.85. The second-order valence-electron chi connectivity index (χ2n) is 4.68. The lowest BCUT2D eigenvalue weighted by molar-refractivity contribution is -0.124. The zero-order valence-electron chi connectivity index (χ0n) is 12.3. The number of sulfonamides is 1. The van der Waals surface area contributed by atoms with Crippen molar-refractivity contribution in [3.05, 3.63) is 65.7 Å². The number of anilines is 1. The third-order valence-electron chi connectivity index (χ3n) is 2.95. The fraction of sp³-hybridized carbons (Fsp3) is 0. The quantitative estimate of drug-likeness (QED) is 0.435. The monoisotopic (exact) mass is 343 g/mol. The third-order valence-corrected chi connectivity index (χ3v) is 4.33. The fourth-order valence-electron chi connectivity index (χ4n) is 1.86. The minimum atomic E-state index is -3.85. The molecule has 3 N–H and O–H groups in total. The summed E-state index contributed by atoms with van der Waals surface area (Å²) < 4.78 is 27.2. The van der Waals surface area contributed by atoms with Crippen molar-refractivity contribution in [1.29, 1.82) is 5.26 Å². The number of rotatable bonds is 5. The normalized spacial score (nSPS) is 11.0. The molecule has 2 rings (SSSR count). The van der Waals surface area contributed by atoms with Gasteiger partial charge in [-0.15, -0.1) is 0 Å². The summed E-state index contributed by atoms with van der Waals surface area (Å²) in [5.41, 5.74) is 2.51. The molecule has 0 fully saturated rings. The maximum atomic E-state index is 12.4. The number of hydroxylamine groups is 1. The highest BCUT2D eigenvalue weighted by atomic mass is 32.2. The van der Waals surface area contributed by atoms with E-state index in [-0.39, 0.29) is 10.6 Å². The predicted octanol–water partition coefficient (Wildman–Crippen LogP) is 1.88. The van der Waals surface area contributed by atoms with E-state index in [0.717, 1.165) is 6.08 Å². The molecule has 0 radical (unpaired) electrons. The van der Waals surface area contributed by atoms with Crippen molar-refractivity contribution in [3.63, 3.8) is 0 Å². The number of benzene rings is 2. The largest absolute Gasteiger partial charge is 0.288 e. The Morgan fingerprint density at radius 3 is 2.62 bits per heavy atom. The molecule has 7 nitrogen and oxygen atoms in total.